The summed E-state index contributed by atoms with van der Waals surface area (Å²) in [6.45, 7) is 3.81. The molecule has 4 nitrogen and oxygen atoms in total. The third kappa shape index (κ3) is 1.85. The number of benzene rings is 1. The minimum atomic E-state index is 0.396. The maximum absolute atomic E-state index is 9.02. The van der Waals surface area contributed by atoms with E-state index in [4.69, 9.17) is 5.26 Å². The molecule has 0 saturated heterocycles. The van der Waals surface area contributed by atoms with Crippen LogP contribution in [-0.2, 0) is 0 Å². The highest BCUT2D eigenvalue weighted by Crippen LogP contribution is 2.30. The fourth-order valence-corrected chi connectivity index (χ4v) is 2.36. The molecule has 0 aliphatic heterocycles. The molecule has 0 atom stereocenters. The average Bonchev–Trinajstić information content (AvgIpc) is 2.73. The molecule has 0 amide bonds. The van der Waals surface area contributed by atoms with Gasteiger partial charge in [0.2, 0.25) is 0 Å². The van der Waals surface area contributed by atoms with Gasteiger partial charge in [0.05, 0.1) is 5.69 Å². The van der Waals surface area contributed by atoms with E-state index in [-0.39, 0.29) is 0 Å². The summed E-state index contributed by atoms with van der Waals surface area (Å²) in [7, 11) is 0. The molecule has 2 aromatic heterocycles. The molecular formula is C15H12N4. The molecule has 4 heteroatoms. The predicted molar refractivity (Wildman–Crippen MR) is 73.5 cm³/mol. The minimum Gasteiger partial charge on any atom is -0.358 e. The van der Waals surface area contributed by atoms with E-state index in [1.165, 1.54) is 0 Å². The third-order valence-corrected chi connectivity index (χ3v) is 3.10. The zero-order chi connectivity index (χ0) is 13.4. The van der Waals surface area contributed by atoms with Crippen molar-refractivity contribution in [2.45, 2.75) is 13.8 Å². The van der Waals surface area contributed by atoms with Crippen LogP contribution >= 0.6 is 0 Å². The maximum Gasteiger partial charge on any atom is 0.144 e. The van der Waals surface area contributed by atoms with Crippen LogP contribution in [0.3, 0.4) is 0 Å². The normalized spacial score (nSPS) is 10.6. The van der Waals surface area contributed by atoms with E-state index in [2.05, 4.69) is 27.1 Å². The predicted octanol–water partition coefficient (Wildman–Crippen LogP) is 3.11. The highest BCUT2D eigenvalue weighted by molar-refractivity contribution is 5.96. The van der Waals surface area contributed by atoms with Crippen molar-refractivity contribution in [1.29, 1.82) is 5.26 Å². The molecule has 0 radical (unpaired) electrons. The lowest BCUT2D eigenvalue weighted by Crippen LogP contribution is -1.95. The summed E-state index contributed by atoms with van der Waals surface area (Å²) >= 11 is 0. The largest absolute Gasteiger partial charge is 0.358 e. The number of nitrogens with one attached hydrogen (secondary N) is 1. The van der Waals surface area contributed by atoms with E-state index in [0.717, 1.165) is 27.9 Å². The van der Waals surface area contributed by atoms with Crippen LogP contribution in [-0.4, -0.2) is 15.0 Å². The first-order chi connectivity index (χ1) is 9.19. The SMILES string of the molecule is Cc1nc(C#N)cc(-c2c(C)[nH]c3ccccc23)n1. The van der Waals surface area contributed by atoms with E-state index >= 15 is 0 Å². The van der Waals surface area contributed by atoms with Crippen molar-refractivity contribution < 1.29 is 0 Å². The van der Waals surface area contributed by atoms with Crippen molar-refractivity contribution in [2.75, 3.05) is 0 Å². The monoisotopic (exact) mass is 248 g/mol. The summed E-state index contributed by atoms with van der Waals surface area (Å²) < 4.78 is 0. The third-order valence-electron chi connectivity index (χ3n) is 3.10. The number of fused-ring (bicyclic) bond motifs is 1. The maximum atomic E-state index is 9.02. The van der Waals surface area contributed by atoms with E-state index in [9.17, 15) is 0 Å². The van der Waals surface area contributed by atoms with Crippen LogP contribution in [0.4, 0.5) is 0 Å². The van der Waals surface area contributed by atoms with Gasteiger partial charge < -0.3 is 4.98 Å². The Morgan fingerprint density at radius 3 is 2.74 bits per heavy atom. The molecule has 92 valence electrons. The first-order valence-electron chi connectivity index (χ1n) is 6.02. The van der Waals surface area contributed by atoms with Gasteiger partial charge in [0.25, 0.3) is 0 Å². The van der Waals surface area contributed by atoms with E-state index < -0.39 is 0 Å². The fourth-order valence-electron chi connectivity index (χ4n) is 2.36. The molecule has 3 rings (SSSR count). The molecule has 1 aromatic carbocycles. The Morgan fingerprint density at radius 2 is 1.95 bits per heavy atom. The lowest BCUT2D eigenvalue weighted by atomic mass is 10.1. The first kappa shape index (κ1) is 11.4. The van der Waals surface area contributed by atoms with Crippen LogP contribution in [0.15, 0.2) is 30.3 Å². The molecule has 2 heterocycles. The molecule has 3 aromatic rings. The summed E-state index contributed by atoms with van der Waals surface area (Å²) in [6, 6.07) is 11.9. The highest BCUT2D eigenvalue weighted by atomic mass is 14.9. The van der Waals surface area contributed by atoms with Gasteiger partial charge in [-0.3, -0.25) is 0 Å². The zero-order valence-corrected chi connectivity index (χ0v) is 10.7. The van der Waals surface area contributed by atoms with Crippen molar-refractivity contribution in [3.63, 3.8) is 0 Å². The van der Waals surface area contributed by atoms with Crippen molar-refractivity contribution >= 4 is 10.9 Å². The topological polar surface area (TPSA) is 65.4 Å². The number of aromatic amines is 1. The zero-order valence-electron chi connectivity index (χ0n) is 10.7. The number of aromatic nitrogens is 3. The van der Waals surface area contributed by atoms with E-state index in [1.807, 2.05) is 25.1 Å². The van der Waals surface area contributed by atoms with Crippen LogP contribution in [0.2, 0.25) is 0 Å². The molecular weight excluding hydrogens is 236 g/mol. The number of nitrogens with zero attached hydrogens (tertiary/aromatic N) is 3. The van der Waals surface area contributed by atoms with Gasteiger partial charge in [0, 0.05) is 28.2 Å². The number of rotatable bonds is 1. The second kappa shape index (κ2) is 4.21. The summed E-state index contributed by atoms with van der Waals surface area (Å²) in [6.07, 6.45) is 0. The molecule has 19 heavy (non-hydrogen) atoms. The molecule has 0 fully saturated rings. The number of H-pyrrole nitrogens is 1. The van der Waals surface area contributed by atoms with Crippen molar-refractivity contribution in [2.24, 2.45) is 0 Å². The van der Waals surface area contributed by atoms with Gasteiger partial charge in [-0.05, 0) is 19.9 Å². The van der Waals surface area contributed by atoms with Crippen LogP contribution < -0.4 is 0 Å². The number of aryl methyl sites for hydroxylation is 2. The summed E-state index contributed by atoms with van der Waals surface area (Å²) in [5.41, 5.74) is 4.34. The summed E-state index contributed by atoms with van der Waals surface area (Å²) in [4.78, 5) is 11.9. The quantitative estimate of drug-likeness (QED) is 0.719. The molecule has 0 unspecified atom stereocenters. The van der Waals surface area contributed by atoms with Crippen LogP contribution in [0.25, 0.3) is 22.2 Å². The second-order valence-corrected chi connectivity index (χ2v) is 4.47. The van der Waals surface area contributed by atoms with Crippen molar-refractivity contribution in [3.8, 4) is 17.3 Å². The Kier molecular flexibility index (Phi) is 2.53. The smallest absolute Gasteiger partial charge is 0.144 e. The lowest BCUT2D eigenvalue weighted by molar-refractivity contribution is 1.04. The number of hydrogen-bond acceptors (Lipinski definition) is 3. The molecule has 0 aliphatic rings. The van der Waals surface area contributed by atoms with Crippen LogP contribution in [0, 0.1) is 25.2 Å². The van der Waals surface area contributed by atoms with Gasteiger partial charge in [-0.15, -0.1) is 0 Å². The first-order valence-corrected chi connectivity index (χ1v) is 6.02. The Bertz CT molecular complexity index is 809. The van der Waals surface area contributed by atoms with Gasteiger partial charge >= 0.3 is 0 Å². The van der Waals surface area contributed by atoms with Gasteiger partial charge in [-0.1, -0.05) is 18.2 Å². The number of nitriles is 1. The molecule has 0 aliphatic carbocycles. The highest BCUT2D eigenvalue weighted by Gasteiger charge is 2.13. The molecule has 1 N–H and O–H groups in total. The summed E-state index contributed by atoms with van der Waals surface area (Å²) in [5, 5.41) is 10.1. The number of hydrogen-bond donors (Lipinski definition) is 1. The lowest BCUT2D eigenvalue weighted by Gasteiger charge is -2.03. The standard InChI is InChI=1S/C15H12N4/c1-9-15(12-5-3-4-6-13(12)17-9)14-7-11(8-16)18-10(2)19-14/h3-7,17H,1-2H3. The molecule has 0 bridgehead atoms. The average molecular weight is 248 g/mol. The van der Waals surface area contributed by atoms with Gasteiger partial charge in [-0.25, -0.2) is 9.97 Å². The van der Waals surface area contributed by atoms with Crippen LogP contribution in [0.1, 0.15) is 17.2 Å². The number of para-hydroxylation sites is 1. The van der Waals surface area contributed by atoms with E-state index in [0.29, 0.717) is 11.5 Å². The van der Waals surface area contributed by atoms with Gasteiger partial charge in [-0.2, -0.15) is 5.26 Å². The molecule has 0 spiro atoms. The van der Waals surface area contributed by atoms with Gasteiger partial charge in [0.1, 0.15) is 17.6 Å². The van der Waals surface area contributed by atoms with Gasteiger partial charge in [0.15, 0.2) is 0 Å². The van der Waals surface area contributed by atoms with Crippen molar-refractivity contribution in [1.82, 2.24) is 15.0 Å². The Morgan fingerprint density at radius 1 is 1.16 bits per heavy atom. The molecule has 0 saturated carbocycles. The minimum absolute atomic E-state index is 0.396. The summed E-state index contributed by atoms with van der Waals surface area (Å²) in [5.74, 6) is 0.610. The Labute approximate surface area is 110 Å². The van der Waals surface area contributed by atoms with Crippen molar-refractivity contribution in [3.05, 3.63) is 47.5 Å². The van der Waals surface area contributed by atoms with E-state index in [1.54, 1.807) is 13.0 Å². The second-order valence-electron chi connectivity index (χ2n) is 4.47. The van der Waals surface area contributed by atoms with Crippen LogP contribution in [0.5, 0.6) is 0 Å². The Balaban J connectivity index is 2.33. The Hall–Kier alpha value is -2.67. The fraction of sp³-hybridized carbons (Fsp3) is 0.133.